The average Bonchev–Trinajstić information content (AvgIpc) is 2.56. The number of carboxylic acid groups (broad SMARTS) is 1. The minimum absolute atomic E-state index is 0.0684. The second-order valence-electron chi connectivity index (χ2n) is 4.81. The SMILES string of the molecule is O=C(O)c1ccc2c(c1)CCc1cc(Cl)ccc1C2=O. The molecular formula is C16H11ClO3. The molecule has 0 aliphatic heterocycles. The molecule has 0 radical (unpaired) electrons. The lowest BCUT2D eigenvalue weighted by molar-refractivity contribution is 0.0696. The van der Waals surface area contributed by atoms with E-state index in [2.05, 4.69) is 0 Å². The summed E-state index contributed by atoms with van der Waals surface area (Å²) >= 11 is 5.97. The molecular weight excluding hydrogens is 276 g/mol. The van der Waals surface area contributed by atoms with Crippen LogP contribution < -0.4 is 0 Å². The molecule has 20 heavy (non-hydrogen) atoms. The summed E-state index contributed by atoms with van der Waals surface area (Å²) in [6.07, 6.45) is 1.31. The molecule has 0 spiro atoms. The number of fused-ring (bicyclic) bond motifs is 2. The zero-order valence-electron chi connectivity index (χ0n) is 10.5. The van der Waals surface area contributed by atoms with Gasteiger partial charge in [0.1, 0.15) is 0 Å². The number of rotatable bonds is 1. The molecule has 100 valence electrons. The molecule has 0 heterocycles. The smallest absolute Gasteiger partial charge is 0.335 e. The predicted molar refractivity (Wildman–Crippen MR) is 75.7 cm³/mol. The third-order valence-electron chi connectivity index (χ3n) is 3.57. The Kier molecular flexibility index (Phi) is 3.07. The summed E-state index contributed by atoms with van der Waals surface area (Å²) in [6, 6.07) is 9.90. The van der Waals surface area contributed by atoms with E-state index in [0.717, 1.165) is 11.1 Å². The molecule has 4 heteroatoms. The fourth-order valence-electron chi connectivity index (χ4n) is 2.56. The number of carbonyl (C=O) groups excluding carboxylic acids is 1. The molecule has 1 aliphatic carbocycles. The summed E-state index contributed by atoms with van der Waals surface area (Å²) in [5.41, 5.74) is 3.13. The molecule has 0 unspecified atom stereocenters. The number of carboxylic acids is 1. The number of aryl methyl sites for hydroxylation is 2. The van der Waals surface area contributed by atoms with E-state index in [-0.39, 0.29) is 11.3 Å². The van der Waals surface area contributed by atoms with Crippen LogP contribution in [0.2, 0.25) is 5.02 Å². The number of aromatic carboxylic acids is 1. The van der Waals surface area contributed by atoms with Crippen molar-refractivity contribution in [2.45, 2.75) is 12.8 Å². The zero-order valence-corrected chi connectivity index (χ0v) is 11.3. The van der Waals surface area contributed by atoms with Crippen LogP contribution in [0, 0.1) is 0 Å². The van der Waals surface area contributed by atoms with Gasteiger partial charge in [-0.2, -0.15) is 0 Å². The Morgan fingerprint density at radius 2 is 1.60 bits per heavy atom. The molecule has 2 aromatic carbocycles. The Balaban J connectivity index is 2.14. The number of benzene rings is 2. The van der Waals surface area contributed by atoms with Crippen LogP contribution in [-0.4, -0.2) is 16.9 Å². The maximum atomic E-state index is 12.5. The van der Waals surface area contributed by atoms with Crippen LogP contribution in [0.25, 0.3) is 0 Å². The summed E-state index contributed by atoms with van der Waals surface area (Å²) in [5, 5.41) is 9.64. The third kappa shape index (κ3) is 2.10. The molecule has 3 nitrogen and oxygen atoms in total. The van der Waals surface area contributed by atoms with Gasteiger partial charge < -0.3 is 5.11 Å². The number of hydrogen-bond donors (Lipinski definition) is 1. The summed E-state index contributed by atoms with van der Waals surface area (Å²) in [4.78, 5) is 23.5. The van der Waals surface area contributed by atoms with Gasteiger partial charge in [-0.15, -0.1) is 0 Å². The van der Waals surface area contributed by atoms with Crippen LogP contribution in [0.1, 0.15) is 37.4 Å². The van der Waals surface area contributed by atoms with Crippen molar-refractivity contribution in [1.29, 1.82) is 0 Å². The van der Waals surface area contributed by atoms with E-state index < -0.39 is 5.97 Å². The predicted octanol–water partition coefficient (Wildman–Crippen LogP) is 3.37. The van der Waals surface area contributed by atoms with Gasteiger partial charge >= 0.3 is 5.97 Å². The van der Waals surface area contributed by atoms with E-state index in [4.69, 9.17) is 16.7 Å². The highest BCUT2D eigenvalue weighted by Gasteiger charge is 2.22. The molecule has 0 atom stereocenters. The van der Waals surface area contributed by atoms with Crippen molar-refractivity contribution in [3.8, 4) is 0 Å². The summed E-state index contributed by atoms with van der Waals surface area (Å²) < 4.78 is 0. The van der Waals surface area contributed by atoms with Crippen LogP contribution in [-0.2, 0) is 12.8 Å². The summed E-state index contributed by atoms with van der Waals surface area (Å²) in [6.45, 7) is 0. The first kappa shape index (κ1) is 12.9. The maximum Gasteiger partial charge on any atom is 0.335 e. The van der Waals surface area contributed by atoms with Gasteiger partial charge in [0.2, 0.25) is 0 Å². The van der Waals surface area contributed by atoms with Crippen molar-refractivity contribution in [1.82, 2.24) is 0 Å². The van der Waals surface area contributed by atoms with Gasteiger partial charge in [0, 0.05) is 16.1 Å². The minimum Gasteiger partial charge on any atom is -0.478 e. The Morgan fingerprint density at radius 1 is 1.00 bits per heavy atom. The van der Waals surface area contributed by atoms with E-state index in [1.807, 2.05) is 0 Å². The quantitative estimate of drug-likeness (QED) is 0.874. The Hall–Kier alpha value is -2.13. The van der Waals surface area contributed by atoms with Crippen molar-refractivity contribution in [3.63, 3.8) is 0 Å². The summed E-state index contributed by atoms with van der Waals surface area (Å²) in [5.74, 6) is -1.05. The van der Waals surface area contributed by atoms with Gasteiger partial charge in [0.15, 0.2) is 5.78 Å². The van der Waals surface area contributed by atoms with Crippen LogP contribution >= 0.6 is 11.6 Å². The monoisotopic (exact) mass is 286 g/mol. The molecule has 2 aromatic rings. The zero-order chi connectivity index (χ0) is 14.3. The molecule has 0 saturated carbocycles. The Labute approximate surface area is 120 Å². The first-order valence-electron chi connectivity index (χ1n) is 6.25. The van der Waals surface area contributed by atoms with Crippen molar-refractivity contribution in [2.75, 3.05) is 0 Å². The van der Waals surface area contributed by atoms with Gasteiger partial charge in [0.05, 0.1) is 5.56 Å². The molecule has 1 aliphatic rings. The first-order valence-corrected chi connectivity index (χ1v) is 6.63. The van der Waals surface area contributed by atoms with Gasteiger partial charge in [-0.05, 0) is 60.4 Å². The lowest BCUT2D eigenvalue weighted by atomic mass is 9.97. The minimum atomic E-state index is -0.981. The lowest BCUT2D eigenvalue weighted by Gasteiger charge is -2.06. The lowest BCUT2D eigenvalue weighted by Crippen LogP contribution is -2.06. The molecule has 0 saturated heterocycles. The number of ketones is 1. The van der Waals surface area contributed by atoms with Crippen molar-refractivity contribution >= 4 is 23.4 Å². The molecule has 1 N–H and O–H groups in total. The molecule has 0 amide bonds. The van der Waals surface area contributed by atoms with Crippen molar-refractivity contribution < 1.29 is 14.7 Å². The number of carbonyl (C=O) groups is 2. The van der Waals surface area contributed by atoms with Crippen LogP contribution in [0.3, 0.4) is 0 Å². The van der Waals surface area contributed by atoms with Crippen LogP contribution in [0.4, 0.5) is 0 Å². The van der Waals surface area contributed by atoms with Gasteiger partial charge in [-0.1, -0.05) is 11.6 Å². The van der Waals surface area contributed by atoms with E-state index in [0.29, 0.717) is 29.0 Å². The highest BCUT2D eigenvalue weighted by Crippen LogP contribution is 2.27. The van der Waals surface area contributed by atoms with Crippen molar-refractivity contribution in [2.24, 2.45) is 0 Å². The fourth-order valence-corrected chi connectivity index (χ4v) is 2.75. The molecule has 0 aromatic heterocycles. The van der Waals surface area contributed by atoms with Crippen LogP contribution in [0.15, 0.2) is 36.4 Å². The highest BCUT2D eigenvalue weighted by atomic mass is 35.5. The molecule has 0 fully saturated rings. The standard InChI is InChI=1S/C16H11ClO3/c17-12-4-6-14-10(8-12)2-1-9-7-11(16(19)20)3-5-13(9)15(14)18/h3-8H,1-2H2,(H,19,20). The van der Waals surface area contributed by atoms with E-state index in [1.54, 1.807) is 30.3 Å². The average molecular weight is 287 g/mol. The van der Waals surface area contributed by atoms with E-state index >= 15 is 0 Å². The van der Waals surface area contributed by atoms with Gasteiger partial charge in [-0.25, -0.2) is 4.79 Å². The number of halogens is 1. The number of hydrogen-bond acceptors (Lipinski definition) is 2. The highest BCUT2D eigenvalue weighted by molar-refractivity contribution is 6.30. The Morgan fingerprint density at radius 3 is 2.25 bits per heavy atom. The fraction of sp³-hybridized carbons (Fsp3) is 0.125. The second-order valence-corrected chi connectivity index (χ2v) is 5.24. The van der Waals surface area contributed by atoms with Gasteiger partial charge in [-0.3, -0.25) is 4.79 Å². The second kappa shape index (κ2) is 4.76. The maximum absolute atomic E-state index is 12.5. The Bertz CT molecular complexity index is 734. The normalized spacial score (nSPS) is 13.3. The molecule has 3 rings (SSSR count). The van der Waals surface area contributed by atoms with Crippen LogP contribution in [0.5, 0.6) is 0 Å². The van der Waals surface area contributed by atoms with Crippen molar-refractivity contribution in [3.05, 3.63) is 69.2 Å². The largest absolute Gasteiger partial charge is 0.478 e. The topological polar surface area (TPSA) is 54.4 Å². The molecule has 0 bridgehead atoms. The van der Waals surface area contributed by atoms with E-state index in [9.17, 15) is 9.59 Å². The summed E-state index contributed by atoms with van der Waals surface area (Å²) in [7, 11) is 0. The third-order valence-corrected chi connectivity index (χ3v) is 3.81. The van der Waals surface area contributed by atoms with Gasteiger partial charge in [0.25, 0.3) is 0 Å². The first-order chi connectivity index (χ1) is 9.56. The van der Waals surface area contributed by atoms with E-state index in [1.165, 1.54) is 6.07 Å².